The van der Waals surface area contributed by atoms with E-state index in [1.807, 2.05) is 24.3 Å². The summed E-state index contributed by atoms with van der Waals surface area (Å²) in [6.07, 6.45) is 0.675. The number of rotatable bonds is 5. The number of nitrogens with one attached hydrogen (secondary N) is 1. The number of hydrogen-bond donors (Lipinski definition) is 1. The van der Waals surface area contributed by atoms with E-state index in [-0.39, 0.29) is 5.91 Å². The second-order valence-electron chi connectivity index (χ2n) is 5.38. The van der Waals surface area contributed by atoms with Crippen molar-refractivity contribution >= 4 is 21.8 Å². The molecule has 0 aromatic heterocycles. The SMILES string of the molecule is C[C@@H](Oc1ccc(Br)cc1)C(=O)NC[C@@H]1CCN(C)C1. The number of nitrogens with zero attached hydrogens (tertiary/aromatic N) is 1. The number of hydrogen-bond acceptors (Lipinski definition) is 3. The van der Waals surface area contributed by atoms with Crippen LogP contribution in [0.3, 0.4) is 0 Å². The lowest BCUT2D eigenvalue weighted by molar-refractivity contribution is -0.127. The van der Waals surface area contributed by atoms with Crippen molar-refractivity contribution in [3.63, 3.8) is 0 Å². The zero-order valence-corrected chi connectivity index (χ0v) is 13.5. The molecule has 0 aliphatic carbocycles. The van der Waals surface area contributed by atoms with Crippen molar-refractivity contribution in [3.8, 4) is 5.75 Å². The Bertz CT molecular complexity index is 450. The third kappa shape index (κ3) is 4.49. The Morgan fingerprint density at radius 2 is 2.20 bits per heavy atom. The van der Waals surface area contributed by atoms with E-state index in [0.717, 1.165) is 30.5 Å². The first-order chi connectivity index (χ1) is 9.54. The highest BCUT2D eigenvalue weighted by molar-refractivity contribution is 9.10. The number of amides is 1. The summed E-state index contributed by atoms with van der Waals surface area (Å²) in [6.45, 7) is 4.68. The molecule has 2 atom stereocenters. The number of benzene rings is 1. The lowest BCUT2D eigenvalue weighted by Crippen LogP contribution is -2.39. The molecule has 1 heterocycles. The largest absolute Gasteiger partial charge is 0.481 e. The first kappa shape index (κ1) is 15.3. The van der Waals surface area contributed by atoms with Crippen LogP contribution in [0.4, 0.5) is 0 Å². The van der Waals surface area contributed by atoms with E-state index >= 15 is 0 Å². The Morgan fingerprint density at radius 1 is 1.50 bits per heavy atom. The molecule has 1 aliphatic heterocycles. The average molecular weight is 341 g/mol. The molecule has 110 valence electrons. The maximum Gasteiger partial charge on any atom is 0.260 e. The van der Waals surface area contributed by atoms with Crippen LogP contribution in [0.1, 0.15) is 13.3 Å². The van der Waals surface area contributed by atoms with Gasteiger partial charge in [0.25, 0.3) is 5.91 Å². The van der Waals surface area contributed by atoms with E-state index < -0.39 is 6.10 Å². The van der Waals surface area contributed by atoms with Crippen molar-refractivity contribution < 1.29 is 9.53 Å². The minimum absolute atomic E-state index is 0.0533. The summed E-state index contributed by atoms with van der Waals surface area (Å²) in [7, 11) is 2.11. The Hall–Kier alpha value is -1.07. The fourth-order valence-electron chi connectivity index (χ4n) is 2.35. The maximum absolute atomic E-state index is 12.0. The van der Waals surface area contributed by atoms with Crippen LogP contribution >= 0.6 is 15.9 Å². The van der Waals surface area contributed by atoms with Gasteiger partial charge in [0.15, 0.2) is 6.10 Å². The molecule has 1 saturated heterocycles. The lowest BCUT2D eigenvalue weighted by atomic mass is 10.1. The minimum atomic E-state index is -0.477. The van der Waals surface area contributed by atoms with Crippen LogP contribution in [-0.2, 0) is 4.79 Å². The first-order valence-corrected chi connectivity index (χ1v) is 7.72. The summed E-state index contributed by atoms with van der Waals surface area (Å²) >= 11 is 3.37. The maximum atomic E-state index is 12.0. The lowest BCUT2D eigenvalue weighted by Gasteiger charge is -2.17. The van der Waals surface area contributed by atoms with E-state index in [9.17, 15) is 4.79 Å². The standard InChI is InChI=1S/C15H21BrN2O2/c1-11(20-14-5-3-13(16)4-6-14)15(19)17-9-12-7-8-18(2)10-12/h3-6,11-12H,7-10H2,1-2H3,(H,17,19)/t11-,12+/m1/s1. The van der Waals surface area contributed by atoms with E-state index in [2.05, 4.69) is 33.2 Å². The van der Waals surface area contributed by atoms with Crippen molar-refractivity contribution in [2.45, 2.75) is 19.4 Å². The Morgan fingerprint density at radius 3 is 2.80 bits per heavy atom. The Kier molecular flexibility index (Phi) is 5.43. The van der Waals surface area contributed by atoms with Gasteiger partial charge in [-0.2, -0.15) is 0 Å². The molecule has 0 unspecified atom stereocenters. The van der Waals surface area contributed by atoms with E-state index in [1.54, 1.807) is 6.92 Å². The summed E-state index contributed by atoms with van der Waals surface area (Å²) < 4.78 is 6.62. The van der Waals surface area contributed by atoms with Crippen molar-refractivity contribution in [3.05, 3.63) is 28.7 Å². The van der Waals surface area contributed by atoms with Gasteiger partial charge in [0.05, 0.1) is 0 Å². The van der Waals surface area contributed by atoms with E-state index in [0.29, 0.717) is 11.7 Å². The van der Waals surface area contributed by atoms with Crippen LogP contribution < -0.4 is 10.1 Å². The van der Waals surface area contributed by atoms with Gasteiger partial charge in [0.2, 0.25) is 0 Å². The van der Waals surface area contributed by atoms with Gasteiger partial charge in [0.1, 0.15) is 5.75 Å². The number of halogens is 1. The first-order valence-electron chi connectivity index (χ1n) is 6.93. The van der Waals surface area contributed by atoms with Crippen LogP contribution in [0.15, 0.2) is 28.7 Å². The summed E-state index contributed by atoms with van der Waals surface area (Å²) in [5.41, 5.74) is 0. The topological polar surface area (TPSA) is 41.6 Å². The van der Waals surface area contributed by atoms with Crippen LogP contribution in [0.25, 0.3) is 0 Å². The predicted molar refractivity (Wildman–Crippen MR) is 82.8 cm³/mol. The zero-order valence-electron chi connectivity index (χ0n) is 11.9. The summed E-state index contributed by atoms with van der Waals surface area (Å²) in [5, 5.41) is 2.98. The van der Waals surface area contributed by atoms with Gasteiger partial charge in [-0.15, -0.1) is 0 Å². The van der Waals surface area contributed by atoms with Crippen LogP contribution in [0.2, 0.25) is 0 Å². The highest BCUT2D eigenvalue weighted by Gasteiger charge is 2.21. The molecule has 0 spiro atoms. The average Bonchev–Trinajstić information content (AvgIpc) is 2.84. The van der Waals surface area contributed by atoms with Crippen LogP contribution in [-0.4, -0.2) is 43.6 Å². The molecule has 5 heteroatoms. The van der Waals surface area contributed by atoms with Gasteiger partial charge in [-0.25, -0.2) is 0 Å². The molecule has 1 amide bonds. The molecule has 2 rings (SSSR count). The highest BCUT2D eigenvalue weighted by atomic mass is 79.9. The number of carbonyl (C=O) groups is 1. The number of carbonyl (C=O) groups excluding carboxylic acids is 1. The van der Waals surface area contributed by atoms with Crippen molar-refractivity contribution in [2.24, 2.45) is 5.92 Å². The number of likely N-dealkylation sites (tertiary alicyclic amines) is 1. The quantitative estimate of drug-likeness (QED) is 0.894. The fraction of sp³-hybridized carbons (Fsp3) is 0.533. The van der Waals surface area contributed by atoms with E-state index in [1.165, 1.54) is 0 Å². The molecule has 1 N–H and O–H groups in total. The van der Waals surface area contributed by atoms with Gasteiger partial charge in [-0.05, 0) is 57.1 Å². The van der Waals surface area contributed by atoms with Gasteiger partial charge >= 0.3 is 0 Å². The van der Waals surface area contributed by atoms with Crippen LogP contribution in [0, 0.1) is 5.92 Å². The monoisotopic (exact) mass is 340 g/mol. The highest BCUT2D eigenvalue weighted by Crippen LogP contribution is 2.17. The Labute approximate surface area is 128 Å². The summed E-state index contributed by atoms with van der Waals surface area (Å²) in [5.74, 6) is 1.21. The van der Waals surface area contributed by atoms with Crippen molar-refractivity contribution in [2.75, 3.05) is 26.7 Å². The second kappa shape index (κ2) is 7.09. The molecular formula is C15H21BrN2O2. The molecule has 0 radical (unpaired) electrons. The van der Waals surface area contributed by atoms with E-state index in [4.69, 9.17) is 4.74 Å². The smallest absolute Gasteiger partial charge is 0.260 e. The molecule has 0 bridgehead atoms. The molecule has 0 saturated carbocycles. The Balaban J connectivity index is 1.75. The third-order valence-corrected chi connectivity index (χ3v) is 4.08. The molecule has 4 nitrogen and oxygen atoms in total. The van der Waals surface area contributed by atoms with Gasteiger partial charge in [-0.3, -0.25) is 4.79 Å². The second-order valence-corrected chi connectivity index (χ2v) is 6.29. The van der Waals surface area contributed by atoms with Crippen molar-refractivity contribution in [1.82, 2.24) is 10.2 Å². The predicted octanol–water partition coefficient (Wildman–Crippen LogP) is 2.28. The van der Waals surface area contributed by atoms with Crippen LogP contribution in [0.5, 0.6) is 5.75 Å². The molecule has 1 aromatic rings. The summed E-state index contributed by atoms with van der Waals surface area (Å²) in [6, 6.07) is 7.49. The molecule has 1 fully saturated rings. The van der Waals surface area contributed by atoms with Gasteiger partial charge in [-0.1, -0.05) is 15.9 Å². The fourth-order valence-corrected chi connectivity index (χ4v) is 2.62. The summed E-state index contributed by atoms with van der Waals surface area (Å²) in [4.78, 5) is 14.3. The normalized spacial score (nSPS) is 20.6. The molecular weight excluding hydrogens is 320 g/mol. The molecule has 1 aliphatic rings. The number of ether oxygens (including phenoxy) is 1. The van der Waals surface area contributed by atoms with Gasteiger partial charge < -0.3 is 15.0 Å². The minimum Gasteiger partial charge on any atom is -0.481 e. The van der Waals surface area contributed by atoms with Gasteiger partial charge in [0, 0.05) is 17.6 Å². The molecule has 20 heavy (non-hydrogen) atoms. The van der Waals surface area contributed by atoms with Crippen molar-refractivity contribution in [1.29, 1.82) is 0 Å². The third-order valence-electron chi connectivity index (χ3n) is 3.55. The molecule has 1 aromatic carbocycles. The zero-order chi connectivity index (χ0) is 14.5.